The Kier molecular flexibility index (Phi) is 5.08. The first-order valence-electron chi connectivity index (χ1n) is 9.10. The molecule has 2 heterocycles. The summed E-state index contributed by atoms with van der Waals surface area (Å²) in [6.07, 6.45) is 3.60. The van der Waals surface area contributed by atoms with Crippen molar-refractivity contribution in [3.63, 3.8) is 0 Å². The Morgan fingerprint density at radius 1 is 1.00 bits per heavy atom. The molecule has 2 aliphatic rings. The molecule has 0 spiro atoms. The van der Waals surface area contributed by atoms with E-state index >= 15 is 0 Å². The van der Waals surface area contributed by atoms with Gasteiger partial charge in [-0.2, -0.15) is 5.06 Å². The number of rotatable bonds is 4. The Morgan fingerprint density at radius 3 is 2.08 bits per heavy atom. The van der Waals surface area contributed by atoms with Crippen LogP contribution >= 0.6 is 0 Å². The maximum absolute atomic E-state index is 6.44. The van der Waals surface area contributed by atoms with Crippen LogP contribution in [0.4, 0.5) is 0 Å². The van der Waals surface area contributed by atoms with Crippen molar-refractivity contribution in [2.45, 2.75) is 71.1 Å². The van der Waals surface area contributed by atoms with Crippen LogP contribution in [-0.2, 0) is 14.1 Å². The monoisotopic (exact) mass is 331 g/mol. The van der Waals surface area contributed by atoms with Crippen LogP contribution in [0.15, 0.2) is 24.3 Å². The van der Waals surface area contributed by atoms with Crippen LogP contribution in [0, 0.1) is 0 Å². The lowest BCUT2D eigenvalue weighted by Crippen LogP contribution is -2.58. The molecule has 24 heavy (non-hydrogen) atoms. The Bertz CT molecular complexity index is 536. The number of nitrogens with zero attached hydrogens (tertiary/aromatic N) is 1. The second-order valence-corrected chi connectivity index (χ2v) is 8.26. The molecule has 2 aliphatic heterocycles. The first-order valence-corrected chi connectivity index (χ1v) is 9.10. The molecule has 3 rings (SSSR count). The van der Waals surface area contributed by atoms with Gasteiger partial charge in [-0.1, -0.05) is 24.3 Å². The van der Waals surface area contributed by atoms with Crippen molar-refractivity contribution < 1.29 is 14.1 Å². The minimum absolute atomic E-state index is 0.0149. The van der Waals surface area contributed by atoms with E-state index in [4.69, 9.17) is 14.1 Å². The minimum atomic E-state index is -0.213. The standard InChI is InChI=1S/C19H30BNO3/c1-15(24-21-18(2,3)11-6-12-19(21,4)5)16-7-9-17(10-8-16)20-22-13-14-23-20/h7-10,15H,6,11-14H2,1-5H3. The first-order chi connectivity index (χ1) is 11.3. The summed E-state index contributed by atoms with van der Waals surface area (Å²) in [5.74, 6) is 0. The topological polar surface area (TPSA) is 30.9 Å². The highest BCUT2D eigenvalue weighted by atomic mass is 16.7. The van der Waals surface area contributed by atoms with Crippen molar-refractivity contribution in [2.24, 2.45) is 0 Å². The maximum atomic E-state index is 6.44. The molecule has 132 valence electrons. The highest BCUT2D eigenvalue weighted by molar-refractivity contribution is 6.61. The second-order valence-electron chi connectivity index (χ2n) is 8.26. The van der Waals surface area contributed by atoms with Crippen LogP contribution in [0.3, 0.4) is 0 Å². The third kappa shape index (κ3) is 3.69. The van der Waals surface area contributed by atoms with E-state index in [-0.39, 0.29) is 24.3 Å². The van der Waals surface area contributed by atoms with Crippen LogP contribution in [0.25, 0.3) is 0 Å². The van der Waals surface area contributed by atoms with Gasteiger partial charge in [0.1, 0.15) is 6.10 Å². The zero-order chi connectivity index (χ0) is 17.4. The van der Waals surface area contributed by atoms with Gasteiger partial charge in [0.25, 0.3) is 0 Å². The zero-order valence-electron chi connectivity index (χ0n) is 15.7. The average molecular weight is 331 g/mol. The molecule has 0 N–H and O–H groups in total. The Labute approximate surface area is 146 Å². The summed E-state index contributed by atoms with van der Waals surface area (Å²) in [6.45, 7) is 12.6. The normalized spacial score (nSPS) is 25.0. The molecule has 0 bridgehead atoms. The molecule has 1 aromatic carbocycles. The zero-order valence-corrected chi connectivity index (χ0v) is 15.7. The first kappa shape index (κ1) is 17.9. The minimum Gasteiger partial charge on any atom is -0.405 e. The van der Waals surface area contributed by atoms with Crippen LogP contribution in [0.5, 0.6) is 0 Å². The van der Waals surface area contributed by atoms with E-state index in [1.807, 2.05) is 0 Å². The number of hydroxylamine groups is 2. The van der Waals surface area contributed by atoms with Crippen LogP contribution in [0.2, 0.25) is 0 Å². The smallest absolute Gasteiger partial charge is 0.405 e. The summed E-state index contributed by atoms with van der Waals surface area (Å²) < 4.78 is 11.1. The summed E-state index contributed by atoms with van der Waals surface area (Å²) in [5, 5.41) is 2.23. The average Bonchev–Trinajstić information content (AvgIpc) is 3.05. The molecule has 1 atom stereocenters. The summed E-state index contributed by atoms with van der Waals surface area (Å²) in [4.78, 5) is 6.44. The van der Waals surface area contributed by atoms with Crippen molar-refractivity contribution in [2.75, 3.05) is 13.2 Å². The molecule has 2 saturated heterocycles. The van der Waals surface area contributed by atoms with Gasteiger partial charge < -0.3 is 9.31 Å². The molecule has 0 saturated carbocycles. The SMILES string of the molecule is CC(ON1C(C)(C)CCCC1(C)C)c1ccc(B2OCCO2)cc1. The van der Waals surface area contributed by atoms with Gasteiger partial charge in [0.05, 0.1) is 13.2 Å². The van der Waals surface area contributed by atoms with Crippen molar-refractivity contribution in [1.82, 2.24) is 5.06 Å². The fraction of sp³-hybridized carbons (Fsp3) is 0.684. The molecule has 1 aromatic rings. The van der Waals surface area contributed by atoms with Gasteiger partial charge in [0, 0.05) is 11.1 Å². The predicted octanol–water partition coefficient (Wildman–Crippen LogP) is 3.46. The molecular weight excluding hydrogens is 301 g/mol. The number of piperidine rings is 1. The molecule has 0 aromatic heterocycles. The van der Waals surface area contributed by atoms with E-state index in [1.54, 1.807) is 0 Å². The van der Waals surface area contributed by atoms with E-state index in [0.717, 1.165) is 5.46 Å². The lowest BCUT2D eigenvalue weighted by atomic mass is 9.79. The van der Waals surface area contributed by atoms with Gasteiger partial charge in [-0.05, 0) is 64.9 Å². The van der Waals surface area contributed by atoms with Gasteiger partial charge >= 0.3 is 7.12 Å². The Morgan fingerprint density at radius 2 is 1.54 bits per heavy atom. The van der Waals surface area contributed by atoms with E-state index in [1.165, 1.54) is 24.8 Å². The van der Waals surface area contributed by atoms with Gasteiger partial charge in [-0.25, -0.2) is 0 Å². The third-order valence-corrected chi connectivity index (χ3v) is 5.24. The molecule has 0 radical (unpaired) electrons. The lowest BCUT2D eigenvalue weighted by Gasteiger charge is -2.52. The third-order valence-electron chi connectivity index (χ3n) is 5.24. The van der Waals surface area contributed by atoms with Gasteiger partial charge in [0.15, 0.2) is 0 Å². The lowest BCUT2D eigenvalue weighted by molar-refractivity contribution is -0.304. The van der Waals surface area contributed by atoms with Crippen molar-refractivity contribution in [1.29, 1.82) is 0 Å². The Balaban J connectivity index is 1.70. The summed E-state index contributed by atoms with van der Waals surface area (Å²) in [7, 11) is -0.213. The number of benzene rings is 1. The number of hydrogen-bond acceptors (Lipinski definition) is 4. The van der Waals surface area contributed by atoms with E-state index < -0.39 is 0 Å². The number of hydrogen-bond donors (Lipinski definition) is 0. The quantitative estimate of drug-likeness (QED) is 0.791. The maximum Gasteiger partial charge on any atom is 0.494 e. The molecule has 2 fully saturated rings. The highest BCUT2D eigenvalue weighted by Gasteiger charge is 2.43. The van der Waals surface area contributed by atoms with Crippen LogP contribution in [-0.4, -0.2) is 36.5 Å². The van der Waals surface area contributed by atoms with E-state index in [2.05, 4.69) is 63.9 Å². The molecule has 1 unspecified atom stereocenters. The summed E-state index contributed by atoms with van der Waals surface area (Å²) in [6, 6.07) is 8.40. The predicted molar refractivity (Wildman–Crippen MR) is 97.1 cm³/mol. The Hall–Kier alpha value is -0.875. The van der Waals surface area contributed by atoms with Crippen LogP contribution < -0.4 is 5.46 Å². The van der Waals surface area contributed by atoms with Gasteiger partial charge in [-0.15, -0.1) is 0 Å². The van der Waals surface area contributed by atoms with Gasteiger partial charge in [-0.3, -0.25) is 4.84 Å². The van der Waals surface area contributed by atoms with Crippen molar-refractivity contribution >= 4 is 12.6 Å². The fourth-order valence-electron chi connectivity index (χ4n) is 3.96. The fourth-order valence-corrected chi connectivity index (χ4v) is 3.96. The molecule has 0 amide bonds. The summed E-state index contributed by atoms with van der Waals surface area (Å²) >= 11 is 0. The second kappa shape index (κ2) is 6.79. The van der Waals surface area contributed by atoms with E-state index in [0.29, 0.717) is 13.2 Å². The summed E-state index contributed by atoms with van der Waals surface area (Å²) in [5.41, 5.74) is 2.36. The molecule has 5 heteroatoms. The largest absolute Gasteiger partial charge is 0.494 e. The van der Waals surface area contributed by atoms with E-state index in [9.17, 15) is 0 Å². The van der Waals surface area contributed by atoms with Crippen molar-refractivity contribution in [3.8, 4) is 0 Å². The molecule has 4 nitrogen and oxygen atoms in total. The highest BCUT2D eigenvalue weighted by Crippen LogP contribution is 2.40. The molecule has 0 aliphatic carbocycles. The van der Waals surface area contributed by atoms with Crippen LogP contribution in [0.1, 0.15) is 65.5 Å². The van der Waals surface area contributed by atoms with Crippen molar-refractivity contribution in [3.05, 3.63) is 29.8 Å². The molecular formula is C19H30BNO3. The van der Waals surface area contributed by atoms with Gasteiger partial charge in [0.2, 0.25) is 0 Å².